The average Bonchev–Trinajstić information content (AvgIpc) is 2.81. The van der Waals surface area contributed by atoms with Gasteiger partial charge in [-0.1, -0.05) is 17.2 Å². The SMILES string of the molecule is COc1cc2c(c(O)c1C/C=C(\C)CC(=O)C=C(C)C)CN(C)C2=O. The fourth-order valence-corrected chi connectivity index (χ4v) is 2.97. The van der Waals surface area contributed by atoms with Gasteiger partial charge in [0.1, 0.15) is 11.5 Å². The summed E-state index contributed by atoms with van der Waals surface area (Å²) in [5, 5.41) is 10.6. The maximum Gasteiger partial charge on any atom is 0.254 e. The Morgan fingerprint density at radius 3 is 2.64 bits per heavy atom. The third-order valence-electron chi connectivity index (χ3n) is 4.22. The van der Waals surface area contributed by atoms with Gasteiger partial charge in [-0.15, -0.1) is 0 Å². The van der Waals surface area contributed by atoms with Crippen LogP contribution in [-0.4, -0.2) is 35.9 Å². The number of amides is 1. The van der Waals surface area contributed by atoms with Gasteiger partial charge < -0.3 is 14.7 Å². The van der Waals surface area contributed by atoms with Gasteiger partial charge in [-0.25, -0.2) is 0 Å². The van der Waals surface area contributed by atoms with Gasteiger partial charge in [0, 0.05) is 24.6 Å². The molecule has 1 heterocycles. The molecule has 5 nitrogen and oxygen atoms in total. The Bertz CT molecular complexity index is 770. The molecule has 0 radical (unpaired) electrons. The first-order valence-electron chi connectivity index (χ1n) is 8.25. The van der Waals surface area contributed by atoms with Crippen molar-refractivity contribution in [3.8, 4) is 11.5 Å². The first-order valence-corrected chi connectivity index (χ1v) is 8.25. The van der Waals surface area contributed by atoms with Crippen molar-refractivity contribution in [3.63, 3.8) is 0 Å². The molecule has 0 saturated heterocycles. The fourth-order valence-electron chi connectivity index (χ4n) is 2.97. The summed E-state index contributed by atoms with van der Waals surface area (Å²) in [5.74, 6) is 0.534. The number of hydrogen-bond donors (Lipinski definition) is 1. The maximum absolute atomic E-state index is 12.1. The molecular weight excluding hydrogens is 318 g/mol. The molecule has 5 heteroatoms. The molecule has 0 aromatic heterocycles. The summed E-state index contributed by atoms with van der Waals surface area (Å²) in [5.41, 5.74) is 3.66. The standard InChI is InChI=1S/C20H25NO4/c1-12(2)8-14(22)9-13(3)6-7-15-18(25-5)10-16-17(19(15)23)11-21(4)20(16)24/h6,8,10,23H,7,9,11H2,1-5H3/b13-6+. The quantitative estimate of drug-likeness (QED) is 0.635. The second-order valence-corrected chi connectivity index (χ2v) is 6.71. The number of carbonyl (C=O) groups excluding carboxylic acids is 2. The Morgan fingerprint density at radius 2 is 2.04 bits per heavy atom. The number of rotatable bonds is 6. The third kappa shape index (κ3) is 4.10. The summed E-state index contributed by atoms with van der Waals surface area (Å²) in [4.78, 5) is 25.5. The van der Waals surface area contributed by atoms with E-state index in [9.17, 15) is 14.7 Å². The van der Waals surface area contributed by atoms with E-state index in [1.165, 1.54) is 7.11 Å². The van der Waals surface area contributed by atoms with Crippen LogP contribution in [0.5, 0.6) is 11.5 Å². The van der Waals surface area contributed by atoms with Gasteiger partial charge in [-0.05, 0) is 39.3 Å². The number of allylic oxidation sites excluding steroid dienone is 4. The summed E-state index contributed by atoms with van der Waals surface area (Å²) in [6.45, 7) is 6.06. The monoisotopic (exact) mass is 343 g/mol. The number of aromatic hydroxyl groups is 1. The van der Waals surface area contributed by atoms with Crippen LogP contribution in [0.1, 0.15) is 48.7 Å². The number of ketones is 1. The van der Waals surface area contributed by atoms with Gasteiger partial charge in [-0.2, -0.15) is 0 Å². The minimum Gasteiger partial charge on any atom is -0.507 e. The first kappa shape index (κ1) is 18.8. The van der Waals surface area contributed by atoms with E-state index in [0.29, 0.717) is 41.8 Å². The lowest BCUT2D eigenvalue weighted by molar-refractivity contribution is -0.114. The number of phenolic OH excluding ortho intramolecular Hbond substituents is 1. The molecule has 0 saturated carbocycles. The Morgan fingerprint density at radius 1 is 1.36 bits per heavy atom. The zero-order valence-corrected chi connectivity index (χ0v) is 15.5. The minimum atomic E-state index is -0.116. The number of benzene rings is 1. The number of carbonyl (C=O) groups is 2. The predicted octanol–water partition coefficient (Wildman–Crippen LogP) is 3.40. The number of ether oxygens (including phenoxy) is 1. The number of fused-ring (bicyclic) bond motifs is 1. The third-order valence-corrected chi connectivity index (χ3v) is 4.22. The Hall–Kier alpha value is -2.56. The van der Waals surface area contributed by atoms with Crippen molar-refractivity contribution in [2.24, 2.45) is 0 Å². The van der Waals surface area contributed by atoms with E-state index < -0.39 is 0 Å². The van der Waals surface area contributed by atoms with Gasteiger partial charge in [-0.3, -0.25) is 9.59 Å². The van der Waals surface area contributed by atoms with Gasteiger partial charge >= 0.3 is 0 Å². The van der Waals surface area contributed by atoms with Crippen molar-refractivity contribution in [1.29, 1.82) is 0 Å². The Kier molecular flexibility index (Phi) is 5.67. The Balaban J connectivity index is 2.27. The second kappa shape index (κ2) is 7.55. The first-order chi connectivity index (χ1) is 11.7. The summed E-state index contributed by atoms with van der Waals surface area (Å²) in [7, 11) is 3.22. The van der Waals surface area contributed by atoms with Crippen LogP contribution in [0, 0.1) is 0 Å². The van der Waals surface area contributed by atoms with Crippen LogP contribution >= 0.6 is 0 Å². The number of phenols is 1. The van der Waals surface area contributed by atoms with Crippen molar-refractivity contribution in [2.75, 3.05) is 14.2 Å². The van der Waals surface area contributed by atoms with Gasteiger partial charge in [0.2, 0.25) is 0 Å². The number of methoxy groups -OCH3 is 1. The van der Waals surface area contributed by atoms with E-state index in [0.717, 1.165) is 11.1 Å². The van der Waals surface area contributed by atoms with Crippen molar-refractivity contribution in [3.05, 3.63) is 46.1 Å². The van der Waals surface area contributed by atoms with Crippen molar-refractivity contribution in [1.82, 2.24) is 4.90 Å². The van der Waals surface area contributed by atoms with Crippen molar-refractivity contribution < 1.29 is 19.4 Å². The van der Waals surface area contributed by atoms with E-state index in [-0.39, 0.29) is 17.4 Å². The lowest BCUT2D eigenvalue weighted by Crippen LogP contribution is -2.17. The fraction of sp³-hybridized carbons (Fsp3) is 0.400. The highest BCUT2D eigenvalue weighted by atomic mass is 16.5. The number of hydrogen-bond acceptors (Lipinski definition) is 4. The van der Waals surface area contributed by atoms with E-state index in [1.807, 2.05) is 26.8 Å². The van der Waals surface area contributed by atoms with E-state index in [2.05, 4.69) is 0 Å². The van der Waals surface area contributed by atoms with Crippen LogP contribution in [0.15, 0.2) is 29.4 Å². The van der Waals surface area contributed by atoms with E-state index in [1.54, 1.807) is 24.1 Å². The molecule has 25 heavy (non-hydrogen) atoms. The van der Waals surface area contributed by atoms with Gasteiger partial charge in [0.25, 0.3) is 5.91 Å². The molecule has 1 aromatic rings. The second-order valence-electron chi connectivity index (χ2n) is 6.71. The van der Waals surface area contributed by atoms with E-state index in [4.69, 9.17) is 4.74 Å². The van der Waals surface area contributed by atoms with Crippen LogP contribution in [0.4, 0.5) is 0 Å². The molecule has 1 aliphatic rings. The van der Waals surface area contributed by atoms with Crippen LogP contribution in [0.25, 0.3) is 0 Å². The zero-order valence-electron chi connectivity index (χ0n) is 15.5. The lowest BCUT2D eigenvalue weighted by atomic mass is 9.99. The lowest BCUT2D eigenvalue weighted by Gasteiger charge is -2.12. The summed E-state index contributed by atoms with van der Waals surface area (Å²) in [6, 6.07) is 1.69. The normalized spacial score (nSPS) is 13.7. The molecule has 0 bridgehead atoms. The average molecular weight is 343 g/mol. The van der Waals surface area contributed by atoms with Crippen LogP contribution in [0.3, 0.4) is 0 Å². The maximum atomic E-state index is 12.1. The van der Waals surface area contributed by atoms with E-state index >= 15 is 0 Å². The molecule has 0 fully saturated rings. The highest BCUT2D eigenvalue weighted by Gasteiger charge is 2.30. The minimum absolute atomic E-state index is 0.0612. The predicted molar refractivity (Wildman–Crippen MR) is 97.0 cm³/mol. The highest BCUT2D eigenvalue weighted by molar-refractivity contribution is 5.99. The van der Waals surface area contributed by atoms with Crippen LogP contribution < -0.4 is 4.74 Å². The largest absolute Gasteiger partial charge is 0.507 e. The Labute approximate surface area is 148 Å². The molecule has 1 aliphatic heterocycles. The highest BCUT2D eigenvalue weighted by Crippen LogP contribution is 2.39. The summed E-state index contributed by atoms with van der Waals surface area (Å²) < 4.78 is 5.36. The molecule has 1 aromatic carbocycles. The summed E-state index contributed by atoms with van der Waals surface area (Å²) in [6.07, 6.45) is 4.34. The molecule has 2 rings (SSSR count). The smallest absolute Gasteiger partial charge is 0.254 e. The molecule has 0 unspecified atom stereocenters. The summed E-state index contributed by atoms with van der Waals surface area (Å²) >= 11 is 0. The van der Waals surface area contributed by atoms with Crippen LogP contribution in [-0.2, 0) is 17.8 Å². The molecule has 0 spiro atoms. The topological polar surface area (TPSA) is 66.8 Å². The molecule has 134 valence electrons. The molecule has 1 amide bonds. The molecule has 1 N–H and O–H groups in total. The van der Waals surface area contributed by atoms with Crippen molar-refractivity contribution >= 4 is 11.7 Å². The zero-order chi connectivity index (χ0) is 18.7. The molecular formula is C20H25NO4. The van der Waals surface area contributed by atoms with Crippen molar-refractivity contribution in [2.45, 2.75) is 40.2 Å². The van der Waals surface area contributed by atoms with Gasteiger partial charge in [0.15, 0.2) is 5.78 Å². The van der Waals surface area contributed by atoms with Gasteiger partial charge in [0.05, 0.1) is 19.2 Å². The molecule has 0 aliphatic carbocycles. The molecule has 0 atom stereocenters. The number of nitrogens with zero attached hydrogens (tertiary/aromatic N) is 1. The van der Waals surface area contributed by atoms with Crippen LogP contribution in [0.2, 0.25) is 0 Å².